The van der Waals surface area contributed by atoms with E-state index in [4.69, 9.17) is 11.6 Å². The molecule has 1 unspecified atom stereocenters. The molecule has 1 aliphatic rings. The van der Waals surface area contributed by atoms with Gasteiger partial charge in [0.2, 0.25) is 0 Å². The SMILES string of the molecule is Cc1ccc(CNCC(C)C2CC2)cc1Cl. The molecule has 0 saturated heterocycles. The maximum absolute atomic E-state index is 6.09. The summed E-state index contributed by atoms with van der Waals surface area (Å²) in [6.07, 6.45) is 2.86. The zero-order chi connectivity index (χ0) is 11.5. The fourth-order valence-electron chi connectivity index (χ4n) is 2.02. The number of nitrogens with one attached hydrogen (secondary N) is 1. The normalized spacial score (nSPS) is 17.4. The van der Waals surface area contributed by atoms with Crippen molar-refractivity contribution in [1.82, 2.24) is 5.32 Å². The van der Waals surface area contributed by atoms with Crippen molar-refractivity contribution in [3.05, 3.63) is 34.3 Å². The van der Waals surface area contributed by atoms with Crippen molar-refractivity contribution in [3.63, 3.8) is 0 Å². The minimum absolute atomic E-state index is 0.820. The summed E-state index contributed by atoms with van der Waals surface area (Å²) in [7, 11) is 0. The van der Waals surface area contributed by atoms with Crippen molar-refractivity contribution in [2.45, 2.75) is 33.2 Å². The van der Waals surface area contributed by atoms with Gasteiger partial charge in [-0.2, -0.15) is 0 Å². The van der Waals surface area contributed by atoms with Crippen LogP contribution in [0.25, 0.3) is 0 Å². The van der Waals surface area contributed by atoms with Gasteiger partial charge in [-0.25, -0.2) is 0 Å². The van der Waals surface area contributed by atoms with E-state index in [0.29, 0.717) is 0 Å². The van der Waals surface area contributed by atoms with Gasteiger partial charge in [0.15, 0.2) is 0 Å². The predicted octanol–water partition coefficient (Wildman–Crippen LogP) is 3.78. The molecule has 1 fully saturated rings. The third kappa shape index (κ3) is 3.23. The molecule has 88 valence electrons. The molecule has 0 aromatic heterocycles. The average molecular weight is 238 g/mol. The lowest BCUT2D eigenvalue weighted by Gasteiger charge is -2.11. The van der Waals surface area contributed by atoms with E-state index < -0.39 is 0 Å². The van der Waals surface area contributed by atoms with Crippen LogP contribution >= 0.6 is 11.6 Å². The lowest BCUT2D eigenvalue weighted by Crippen LogP contribution is -2.21. The quantitative estimate of drug-likeness (QED) is 0.822. The van der Waals surface area contributed by atoms with Gasteiger partial charge in [-0.15, -0.1) is 0 Å². The van der Waals surface area contributed by atoms with Crippen molar-refractivity contribution < 1.29 is 0 Å². The first kappa shape index (κ1) is 11.9. The lowest BCUT2D eigenvalue weighted by molar-refractivity contribution is 0.461. The van der Waals surface area contributed by atoms with E-state index in [0.717, 1.165) is 35.5 Å². The van der Waals surface area contributed by atoms with Crippen LogP contribution in [0.3, 0.4) is 0 Å². The summed E-state index contributed by atoms with van der Waals surface area (Å²) in [4.78, 5) is 0. The molecule has 1 atom stereocenters. The van der Waals surface area contributed by atoms with Crippen LogP contribution in [-0.2, 0) is 6.54 Å². The summed E-state index contributed by atoms with van der Waals surface area (Å²) in [6.45, 7) is 6.43. The predicted molar refractivity (Wildman–Crippen MR) is 69.8 cm³/mol. The second-order valence-corrected chi connectivity index (χ2v) is 5.44. The van der Waals surface area contributed by atoms with Crippen LogP contribution in [0.4, 0.5) is 0 Å². The Morgan fingerprint density at radius 3 is 2.81 bits per heavy atom. The van der Waals surface area contributed by atoms with E-state index in [9.17, 15) is 0 Å². The Kier molecular flexibility index (Phi) is 3.88. The second-order valence-electron chi connectivity index (χ2n) is 5.03. The molecule has 0 amide bonds. The summed E-state index contributed by atoms with van der Waals surface area (Å²) in [6, 6.07) is 6.30. The molecular weight excluding hydrogens is 218 g/mol. The van der Waals surface area contributed by atoms with Crippen molar-refractivity contribution in [2.75, 3.05) is 6.54 Å². The van der Waals surface area contributed by atoms with Crippen LogP contribution in [-0.4, -0.2) is 6.54 Å². The third-order valence-electron chi connectivity index (χ3n) is 3.46. The zero-order valence-electron chi connectivity index (χ0n) is 10.1. The molecule has 2 heteroatoms. The van der Waals surface area contributed by atoms with Gasteiger partial charge in [-0.05, 0) is 55.3 Å². The Hall–Kier alpha value is -0.530. The highest BCUT2D eigenvalue weighted by Crippen LogP contribution is 2.36. The summed E-state index contributed by atoms with van der Waals surface area (Å²) < 4.78 is 0. The van der Waals surface area contributed by atoms with Gasteiger partial charge < -0.3 is 5.32 Å². The number of hydrogen-bond donors (Lipinski definition) is 1. The van der Waals surface area contributed by atoms with Crippen molar-refractivity contribution in [1.29, 1.82) is 0 Å². The fraction of sp³-hybridized carbons (Fsp3) is 0.571. The Morgan fingerprint density at radius 2 is 2.19 bits per heavy atom. The van der Waals surface area contributed by atoms with Crippen LogP contribution in [0.2, 0.25) is 5.02 Å². The molecule has 1 N–H and O–H groups in total. The van der Waals surface area contributed by atoms with Crippen molar-refractivity contribution in [3.8, 4) is 0 Å². The maximum atomic E-state index is 6.09. The first-order valence-electron chi connectivity index (χ1n) is 6.12. The van der Waals surface area contributed by atoms with Gasteiger partial charge in [0.25, 0.3) is 0 Å². The van der Waals surface area contributed by atoms with Crippen molar-refractivity contribution >= 4 is 11.6 Å². The van der Waals surface area contributed by atoms with E-state index >= 15 is 0 Å². The Morgan fingerprint density at radius 1 is 1.44 bits per heavy atom. The molecule has 0 bridgehead atoms. The van der Waals surface area contributed by atoms with Crippen molar-refractivity contribution in [2.24, 2.45) is 11.8 Å². The second kappa shape index (κ2) is 5.20. The largest absolute Gasteiger partial charge is 0.312 e. The monoisotopic (exact) mass is 237 g/mol. The molecule has 0 heterocycles. The highest BCUT2D eigenvalue weighted by Gasteiger charge is 2.27. The molecule has 0 radical (unpaired) electrons. The van der Waals surface area contributed by atoms with Crippen LogP contribution in [0.15, 0.2) is 18.2 Å². The third-order valence-corrected chi connectivity index (χ3v) is 3.87. The van der Waals surface area contributed by atoms with Crippen LogP contribution in [0.5, 0.6) is 0 Å². The van der Waals surface area contributed by atoms with Gasteiger partial charge in [0.1, 0.15) is 0 Å². The minimum Gasteiger partial charge on any atom is -0.312 e. The standard InChI is InChI=1S/C14H20ClN/c1-10-3-4-12(7-14(10)15)9-16-8-11(2)13-5-6-13/h3-4,7,11,13,16H,5-6,8-9H2,1-2H3. The van der Waals surface area contributed by atoms with Gasteiger partial charge in [-0.1, -0.05) is 30.7 Å². The van der Waals surface area contributed by atoms with Crippen LogP contribution in [0, 0.1) is 18.8 Å². The molecule has 0 aliphatic heterocycles. The molecule has 1 saturated carbocycles. The van der Waals surface area contributed by atoms with E-state index in [-0.39, 0.29) is 0 Å². The summed E-state index contributed by atoms with van der Waals surface area (Å²) in [5.41, 5.74) is 2.43. The van der Waals surface area contributed by atoms with E-state index in [1.165, 1.54) is 18.4 Å². The van der Waals surface area contributed by atoms with Gasteiger partial charge in [0, 0.05) is 11.6 Å². The first-order valence-corrected chi connectivity index (χ1v) is 6.50. The summed E-state index contributed by atoms with van der Waals surface area (Å²) in [5.74, 6) is 1.80. The van der Waals surface area contributed by atoms with Crippen LogP contribution < -0.4 is 5.32 Å². The molecular formula is C14H20ClN. The Bertz CT molecular complexity index is 358. The summed E-state index contributed by atoms with van der Waals surface area (Å²) >= 11 is 6.09. The highest BCUT2D eigenvalue weighted by atomic mass is 35.5. The topological polar surface area (TPSA) is 12.0 Å². The molecule has 16 heavy (non-hydrogen) atoms. The van der Waals surface area contributed by atoms with Crippen LogP contribution in [0.1, 0.15) is 30.9 Å². The smallest absolute Gasteiger partial charge is 0.0438 e. The zero-order valence-corrected chi connectivity index (χ0v) is 10.8. The highest BCUT2D eigenvalue weighted by molar-refractivity contribution is 6.31. The Balaban J connectivity index is 1.78. The minimum atomic E-state index is 0.820. The molecule has 1 aromatic rings. The molecule has 0 spiro atoms. The molecule has 1 aliphatic carbocycles. The van der Waals surface area contributed by atoms with Gasteiger partial charge >= 0.3 is 0 Å². The number of halogens is 1. The Labute approximate surface area is 103 Å². The maximum Gasteiger partial charge on any atom is 0.0438 e. The summed E-state index contributed by atoms with van der Waals surface area (Å²) in [5, 5.41) is 4.38. The van der Waals surface area contributed by atoms with Gasteiger partial charge in [-0.3, -0.25) is 0 Å². The van der Waals surface area contributed by atoms with Gasteiger partial charge in [0.05, 0.1) is 0 Å². The molecule has 1 nitrogen and oxygen atoms in total. The number of benzene rings is 1. The van der Waals surface area contributed by atoms with E-state index in [2.05, 4.69) is 30.4 Å². The average Bonchev–Trinajstić information content (AvgIpc) is 3.07. The molecule has 1 aromatic carbocycles. The van der Waals surface area contributed by atoms with E-state index in [1.807, 2.05) is 6.92 Å². The molecule has 2 rings (SSSR count). The first-order chi connectivity index (χ1) is 7.66. The number of rotatable bonds is 5. The lowest BCUT2D eigenvalue weighted by atomic mass is 10.1. The van der Waals surface area contributed by atoms with E-state index in [1.54, 1.807) is 0 Å². The fourth-order valence-corrected chi connectivity index (χ4v) is 2.23. The number of aryl methyl sites for hydroxylation is 1. The number of hydrogen-bond acceptors (Lipinski definition) is 1.